The van der Waals surface area contributed by atoms with Crippen LogP contribution < -0.4 is 10.6 Å². The van der Waals surface area contributed by atoms with Crippen LogP contribution in [0.4, 0.5) is 5.69 Å². The molecule has 0 bridgehead atoms. The molecule has 0 atom stereocenters. The van der Waals surface area contributed by atoms with Crippen molar-refractivity contribution in [1.29, 1.82) is 0 Å². The normalized spacial score (nSPS) is 11.9. The van der Waals surface area contributed by atoms with E-state index in [0.29, 0.717) is 6.54 Å². The number of hydrogen-bond acceptors (Lipinski definition) is 2. The SMILES string of the molecule is CCCNCC(=O)Nc1ccc2c(c1)Cc1ccccc1-2. The summed E-state index contributed by atoms with van der Waals surface area (Å²) < 4.78 is 0. The van der Waals surface area contributed by atoms with Gasteiger partial charge in [-0.15, -0.1) is 0 Å². The van der Waals surface area contributed by atoms with Crippen molar-refractivity contribution in [1.82, 2.24) is 5.32 Å². The van der Waals surface area contributed by atoms with Gasteiger partial charge in [-0.05, 0) is 53.8 Å². The summed E-state index contributed by atoms with van der Waals surface area (Å²) in [5.74, 6) is 0.0129. The molecule has 3 heteroatoms. The molecular formula is C18H20N2O. The fraction of sp³-hybridized carbons (Fsp3) is 0.278. The second-order valence-electron chi connectivity index (χ2n) is 5.43. The molecular weight excluding hydrogens is 260 g/mol. The zero-order chi connectivity index (χ0) is 14.7. The van der Waals surface area contributed by atoms with Crippen LogP contribution >= 0.6 is 0 Å². The van der Waals surface area contributed by atoms with E-state index in [1.54, 1.807) is 0 Å². The van der Waals surface area contributed by atoms with Crippen molar-refractivity contribution in [3.05, 3.63) is 53.6 Å². The molecule has 1 aliphatic rings. The molecule has 0 radical (unpaired) electrons. The van der Waals surface area contributed by atoms with E-state index in [9.17, 15) is 4.79 Å². The summed E-state index contributed by atoms with van der Waals surface area (Å²) in [6.07, 6.45) is 1.98. The number of benzene rings is 2. The summed E-state index contributed by atoms with van der Waals surface area (Å²) in [6.45, 7) is 3.32. The Morgan fingerprint density at radius 1 is 1.10 bits per heavy atom. The predicted octanol–water partition coefficient (Wildman–Crippen LogP) is 3.20. The predicted molar refractivity (Wildman–Crippen MR) is 86.5 cm³/mol. The molecule has 21 heavy (non-hydrogen) atoms. The monoisotopic (exact) mass is 280 g/mol. The summed E-state index contributed by atoms with van der Waals surface area (Å²) >= 11 is 0. The van der Waals surface area contributed by atoms with Gasteiger partial charge in [0.25, 0.3) is 0 Å². The molecule has 3 nitrogen and oxygen atoms in total. The van der Waals surface area contributed by atoms with Crippen LogP contribution in [-0.2, 0) is 11.2 Å². The number of anilines is 1. The Hall–Kier alpha value is -2.13. The second-order valence-corrected chi connectivity index (χ2v) is 5.43. The van der Waals surface area contributed by atoms with Crippen molar-refractivity contribution in [2.45, 2.75) is 19.8 Å². The fourth-order valence-corrected chi connectivity index (χ4v) is 2.81. The van der Waals surface area contributed by atoms with Crippen LogP contribution in [0.3, 0.4) is 0 Å². The fourth-order valence-electron chi connectivity index (χ4n) is 2.81. The zero-order valence-electron chi connectivity index (χ0n) is 12.3. The highest BCUT2D eigenvalue weighted by Gasteiger charge is 2.18. The third kappa shape index (κ3) is 2.98. The van der Waals surface area contributed by atoms with Crippen LogP contribution in [0.15, 0.2) is 42.5 Å². The van der Waals surface area contributed by atoms with E-state index in [4.69, 9.17) is 0 Å². The van der Waals surface area contributed by atoms with Crippen molar-refractivity contribution in [2.75, 3.05) is 18.4 Å². The Bertz CT molecular complexity index is 664. The van der Waals surface area contributed by atoms with Gasteiger partial charge in [0.15, 0.2) is 0 Å². The molecule has 0 spiro atoms. The van der Waals surface area contributed by atoms with Gasteiger partial charge in [-0.3, -0.25) is 4.79 Å². The van der Waals surface area contributed by atoms with Gasteiger partial charge in [0.2, 0.25) is 5.91 Å². The highest BCUT2D eigenvalue weighted by atomic mass is 16.1. The smallest absolute Gasteiger partial charge is 0.238 e. The zero-order valence-corrected chi connectivity index (χ0v) is 12.3. The molecule has 0 aromatic heterocycles. The lowest BCUT2D eigenvalue weighted by Crippen LogP contribution is -2.28. The van der Waals surface area contributed by atoms with Crippen LogP contribution in [0.5, 0.6) is 0 Å². The van der Waals surface area contributed by atoms with Gasteiger partial charge in [0.1, 0.15) is 0 Å². The van der Waals surface area contributed by atoms with Crippen LogP contribution in [-0.4, -0.2) is 19.0 Å². The number of amides is 1. The maximum absolute atomic E-state index is 11.8. The maximum atomic E-state index is 11.8. The molecule has 1 amide bonds. The molecule has 0 unspecified atom stereocenters. The number of carbonyl (C=O) groups is 1. The third-order valence-corrected chi connectivity index (χ3v) is 3.79. The van der Waals surface area contributed by atoms with Gasteiger partial charge in [0, 0.05) is 5.69 Å². The molecule has 0 fully saturated rings. The molecule has 0 aliphatic heterocycles. The van der Waals surface area contributed by atoms with Gasteiger partial charge < -0.3 is 10.6 Å². The lowest BCUT2D eigenvalue weighted by molar-refractivity contribution is -0.115. The number of carbonyl (C=O) groups excluding carboxylic acids is 1. The minimum Gasteiger partial charge on any atom is -0.325 e. The molecule has 0 heterocycles. The van der Waals surface area contributed by atoms with E-state index in [0.717, 1.165) is 25.1 Å². The van der Waals surface area contributed by atoms with Crippen LogP contribution in [0, 0.1) is 0 Å². The molecule has 3 rings (SSSR count). The van der Waals surface area contributed by atoms with E-state index in [2.05, 4.69) is 54.0 Å². The topological polar surface area (TPSA) is 41.1 Å². The number of rotatable bonds is 5. The Kier molecular flexibility index (Phi) is 4.02. The first-order valence-corrected chi connectivity index (χ1v) is 7.49. The van der Waals surface area contributed by atoms with Gasteiger partial charge in [0.05, 0.1) is 6.54 Å². The number of hydrogen-bond donors (Lipinski definition) is 2. The number of nitrogens with one attached hydrogen (secondary N) is 2. The van der Waals surface area contributed by atoms with E-state index >= 15 is 0 Å². The molecule has 0 saturated heterocycles. The second kappa shape index (κ2) is 6.10. The summed E-state index contributed by atoms with van der Waals surface area (Å²) in [7, 11) is 0. The van der Waals surface area contributed by atoms with E-state index in [1.165, 1.54) is 22.3 Å². The third-order valence-electron chi connectivity index (χ3n) is 3.79. The van der Waals surface area contributed by atoms with Gasteiger partial charge in [-0.1, -0.05) is 37.3 Å². The van der Waals surface area contributed by atoms with Gasteiger partial charge in [-0.2, -0.15) is 0 Å². The summed E-state index contributed by atoms with van der Waals surface area (Å²) in [5.41, 5.74) is 6.13. The highest BCUT2D eigenvalue weighted by molar-refractivity contribution is 5.93. The Labute approximate surface area is 125 Å². The van der Waals surface area contributed by atoms with Crippen molar-refractivity contribution in [3.8, 4) is 11.1 Å². The highest BCUT2D eigenvalue weighted by Crippen LogP contribution is 2.37. The van der Waals surface area contributed by atoms with E-state index in [-0.39, 0.29) is 5.91 Å². The first-order chi connectivity index (χ1) is 10.3. The van der Waals surface area contributed by atoms with Crippen LogP contribution in [0.25, 0.3) is 11.1 Å². The summed E-state index contributed by atoms with van der Waals surface area (Å²) in [4.78, 5) is 11.8. The number of fused-ring (bicyclic) bond motifs is 3. The molecule has 2 aromatic rings. The summed E-state index contributed by atoms with van der Waals surface area (Å²) in [5, 5.41) is 6.07. The molecule has 2 aromatic carbocycles. The summed E-state index contributed by atoms with van der Waals surface area (Å²) in [6, 6.07) is 14.7. The van der Waals surface area contributed by atoms with E-state index < -0.39 is 0 Å². The van der Waals surface area contributed by atoms with Crippen molar-refractivity contribution in [2.24, 2.45) is 0 Å². The van der Waals surface area contributed by atoms with Crippen molar-refractivity contribution >= 4 is 11.6 Å². The molecule has 2 N–H and O–H groups in total. The standard InChI is InChI=1S/C18H20N2O/c1-2-9-19-12-18(21)20-15-7-8-17-14(11-15)10-13-5-3-4-6-16(13)17/h3-8,11,19H,2,9-10,12H2,1H3,(H,20,21). The Morgan fingerprint density at radius 3 is 2.76 bits per heavy atom. The lowest BCUT2D eigenvalue weighted by Gasteiger charge is -2.08. The van der Waals surface area contributed by atoms with E-state index in [1.807, 2.05) is 6.07 Å². The first-order valence-electron chi connectivity index (χ1n) is 7.49. The largest absolute Gasteiger partial charge is 0.325 e. The average molecular weight is 280 g/mol. The first kappa shape index (κ1) is 13.8. The Balaban J connectivity index is 1.71. The minimum atomic E-state index is 0.0129. The quantitative estimate of drug-likeness (QED) is 0.705. The van der Waals surface area contributed by atoms with Crippen LogP contribution in [0.2, 0.25) is 0 Å². The average Bonchev–Trinajstić information content (AvgIpc) is 2.85. The maximum Gasteiger partial charge on any atom is 0.238 e. The van der Waals surface area contributed by atoms with Crippen LogP contribution in [0.1, 0.15) is 24.5 Å². The van der Waals surface area contributed by atoms with Crippen molar-refractivity contribution < 1.29 is 4.79 Å². The lowest BCUT2D eigenvalue weighted by atomic mass is 10.1. The molecule has 1 aliphatic carbocycles. The van der Waals surface area contributed by atoms with Gasteiger partial charge in [-0.25, -0.2) is 0 Å². The Morgan fingerprint density at radius 2 is 1.90 bits per heavy atom. The minimum absolute atomic E-state index is 0.0129. The molecule has 0 saturated carbocycles. The van der Waals surface area contributed by atoms with Crippen molar-refractivity contribution in [3.63, 3.8) is 0 Å². The molecule has 108 valence electrons. The van der Waals surface area contributed by atoms with Gasteiger partial charge >= 0.3 is 0 Å².